The van der Waals surface area contributed by atoms with E-state index in [4.69, 9.17) is 28.4 Å². The van der Waals surface area contributed by atoms with Crippen molar-refractivity contribution in [1.29, 1.82) is 0 Å². The number of carbonyl (C=O) groups excluding carboxylic acids is 3. The van der Waals surface area contributed by atoms with E-state index in [0.29, 0.717) is 39.1 Å². The molecule has 0 bridgehead atoms. The summed E-state index contributed by atoms with van der Waals surface area (Å²) in [7, 11) is 3.93. The molecule has 0 aliphatic rings. The number of rotatable bonds is 34. The molecule has 0 rings (SSSR count). The van der Waals surface area contributed by atoms with Crippen molar-refractivity contribution in [3.63, 3.8) is 0 Å². The van der Waals surface area contributed by atoms with Crippen LogP contribution in [0, 0.1) is 5.92 Å². The van der Waals surface area contributed by atoms with Gasteiger partial charge in [-0.25, -0.2) is 4.79 Å². The van der Waals surface area contributed by atoms with Crippen LogP contribution in [0.1, 0.15) is 143 Å². The minimum atomic E-state index is -0.691. The SMILES string of the molecule is CC/C=C\CCCCOC(CCC(=O)OCC(C)COC(=O)CCC(CCCCCC)OC(=O)OCCCN(C)C)OCCCC/C=C\CC. The molecule has 0 aliphatic heterocycles. The molecule has 0 fully saturated rings. The third kappa shape index (κ3) is 32.8. The van der Waals surface area contributed by atoms with Gasteiger partial charge in [-0.1, -0.05) is 71.3 Å². The van der Waals surface area contributed by atoms with Crippen LogP contribution in [0.4, 0.5) is 4.79 Å². The maximum Gasteiger partial charge on any atom is 0.508 e. The molecule has 292 valence electrons. The molecule has 0 aromatic heterocycles. The van der Waals surface area contributed by atoms with Crippen molar-refractivity contribution in [2.24, 2.45) is 5.92 Å². The maximum atomic E-state index is 12.5. The lowest BCUT2D eigenvalue weighted by Crippen LogP contribution is -2.23. The number of ether oxygens (including phenoxy) is 6. The summed E-state index contributed by atoms with van der Waals surface area (Å²) in [5, 5.41) is 0. The highest BCUT2D eigenvalue weighted by molar-refractivity contribution is 5.70. The molecule has 2 atom stereocenters. The van der Waals surface area contributed by atoms with Crippen molar-refractivity contribution in [2.75, 3.05) is 53.7 Å². The van der Waals surface area contributed by atoms with E-state index in [-0.39, 0.29) is 43.9 Å². The molecule has 0 aromatic rings. The highest BCUT2D eigenvalue weighted by Gasteiger charge is 2.19. The third-order valence-corrected chi connectivity index (χ3v) is 7.87. The first kappa shape index (κ1) is 47.6. The highest BCUT2D eigenvalue weighted by Crippen LogP contribution is 2.16. The summed E-state index contributed by atoms with van der Waals surface area (Å²) in [4.78, 5) is 39.3. The van der Waals surface area contributed by atoms with Gasteiger partial charge in [0, 0.05) is 38.5 Å². The maximum absolute atomic E-state index is 12.5. The second kappa shape index (κ2) is 35.0. The molecule has 0 heterocycles. The lowest BCUT2D eigenvalue weighted by molar-refractivity contribution is -0.160. The van der Waals surface area contributed by atoms with E-state index >= 15 is 0 Å². The topological polar surface area (TPSA) is 110 Å². The Kier molecular flexibility index (Phi) is 33.3. The van der Waals surface area contributed by atoms with Gasteiger partial charge in [-0.05, 0) is 91.1 Å². The first-order chi connectivity index (χ1) is 24.2. The molecule has 10 nitrogen and oxygen atoms in total. The van der Waals surface area contributed by atoms with Crippen molar-refractivity contribution < 1.29 is 42.8 Å². The molecule has 0 amide bonds. The number of hydrogen-bond acceptors (Lipinski definition) is 10. The Bertz CT molecular complexity index is 853. The van der Waals surface area contributed by atoms with Crippen LogP contribution in [0.25, 0.3) is 0 Å². The summed E-state index contributed by atoms with van der Waals surface area (Å²) in [6, 6.07) is 0. The van der Waals surface area contributed by atoms with Gasteiger partial charge < -0.3 is 33.3 Å². The van der Waals surface area contributed by atoms with Gasteiger partial charge in [0.25, 0.3) is 0 Å². The molecule has 2 unspecified atom stereocenters. The van der Waals surface area contributed by atoms with E-state index in [9.17, 15) is 14.4 Å². The zero-order chi connectivity index (χ0) is 37.1. The first-order valence-electron chi connectivity index (χ1n) is 19.5. The van der Waals surface area contributed by atoms with Gasteiger partial charge in [-0.3, -0.25) is 9.59 Å². The van der Waals surface area contributed by atoms with Crippen molar-refractivity contribution >= 4 is 18.1 Å². The van der Waals surface area contributed by atoms with E-state index in [1.165, 1.54) is 0 Å². The molecule has 0 radical (unpaired) electrons. The minimum absolute atomic E-state index is 0.130. The largest absolute Gasteiger partial charge is 0.508 e. The molecule has 0 aliphatic carbocycles. The Hall–Kier alpha value is -2.43. The van der Waals surface area contributed by atoms with E-state index in [1.807, 2.05) is 25.9 Å². The van der Waals surface area contributed by atoms with Crippen LogP contribution in [-0.2, 0) is 38.0 Å². The summed E-state index contributed by atoms with van der Waals surface area (Å²) >= 11 is 0. The second-order valence-corrected chi connectivity index (χ2v) is 13.3. The number of nitrogens with zero attached hydrogens (tertiary/aromatic N) is 1. The van der Waals surface area contributed by atoms with Gasteiger partial charge in [0.1, 0.15) is 6.10 Å². The second-order valence-electron chi connectivity index (χ2n) is 13.3. The standard InChI is InChI=1S/C40H73NO9/c1-7-10-13-16-18-21-30-45-39(46-31-22-19-17-14-11-8-2)28-27-38(43)49-34-35(4)33-48-37(42)26-25-36(24-20-15-12-9-3)50-40(44)47-32-23-29-41(5)6/h10-11,13-14,35-36,39H,7-9,12,15-34H2,1-6H3/b13-10-,14-11-. The summed E-state index contributed by atoms with van der Waals surface area (Å²) in [6.07, 6.45) is 22.1. The van der Waals surface area contributed by atoms with Crippen molar-refractivity contribution in [3.05, 3.63) is 24.3 Å². The zero-order valence-electron chi connectivity index (χ0n) is 32.6. The minimum Gasteiger partial charge on any atom is -0.465 e. The summed E-state index contributed by atoms with van der Waals surface area (Å²) in [5.41, 5.74) is 0. The van der Waals surface area contributed by atoms with Crippen molar-refractivity contribution in [2.45, 2.75) is 156 Å². The molecular formula is C40H73NO9. The molecular weight excluding hydrogens is 638 g/mol. The van der Waals surface area contributed by atoms with Crippen LogP contribution >= 0.6 is 0 Å². The van der Waals surface area contributed by atoms with E-state index in [2.05, 4.69) is 45.1 Å². The lowest BCUT2D eigenvalue weighted by atomic mass is 10.1. The number of carbonyl (C=O) groups is 3. The quantitative estimate of drug-likeness (QED) is 0.0211. The van der Waals surface area contributed by atoms with Crippen LogP contribution in [0.5, 0.6) is 0 Å². The van der Waals surface area contributed by atoms with Crippen LogP contribution in [0.15, 0.2) is 24.3 Å². The molecule has 0 saturated heterocycles. The first-order valence-corrected chi connectivity index (χ1v) is 19.5. The third-order valence-electron chi connectivity index (χ3n) is 7.87. The van der Waals surface area contributed by atoms with E-state index in [1.54, 1.807) is 0 Å². The fourth-order valence-corrected chi connectivity index (χ4v) is 4.89. The summed E-state index contributed by atoms with van der Waals surface area (Å²) in [5.74, 6) is -0.857. The number of allylic oxidation sites excluding steroid dienone is 4. The van der Waals surface area contributed by atoms with Crippen LogP contribution in [-0.4, -0.2) is 89.1 Å². The molecule has 50 heavy (non-hydrogen) atoms. The summed E-state index contributed by atoms with van der Waals surface area (Å²) < 4.78 is 33.7. The molecule has 10 heteroatoms. The predicted octanol–water partition coefficient (Wildman–Crippen LogP) is 9.35. The number of esters is 2. The Balaban J connectivity index is 4.54. The average molecular weight is 712 g/mol. The molecule has 0 N–H and O–H groups in total. The van der Waals surface area contributed by atoms with Gasteiger partial charge in [0.2, 0.25) is 0 Å². The highest BCUT2D eigenvalue weighted by atomic mass is 16.7. The fourth-order valence-electron chi connectivity index (χ4n) is 4.89. The van der Waals surface area contributed by atoms with Crippen molar-refractivity contribution in [3.8, 4) is 0 Å². The normalized spacial score (nSPS) is 13.0. The van der Waals surface area contributed by atoms with Gasteiger partial charge in [-0.2, -0.15) is 0 Å². The van der Waals surface area contributed by atoms with Crippen molar-refractivity contribution in [1.82, 2.24) is 4.90 Å². The Morgan fingerprint density at radius 1 is 0.620 bits per heavy atom. The Morgan fingerprint density at radius 2 is 1.20 bits per heavy atom. The lowest BCUT2D eigenvalue weighted by Gasteiger charge is -2.19. The van der Waals surface area contributed by atoms with E-state index < -0.39 is 18.5 Å². The van der Waals surface area contributed by atoms with Crippen LogP contribution < -0.4 is 0 Å². The Morgan fingerprint density at radius 3 is 1.74 bits per heavy atom. The van der Waals surface area contributed by atoms with Gasteiger partial charge in [0.05, 0.1) is 26.2 Å². The van der Waals surface area contributed by atoms with Crippen LogP contribution in [0.3, 0.4) is 0 Å². The molecule has 0 spiro atoms. The van der Waals surface area contributed by atoms with Gasteiger partial charge >= 0.3 is 18.1 Å². The average Bonchev–Trinajstić information content (AvgIpc) is 3.09. The smallest absolute Gasteiger partial charge is 0.465 e. The van der Waals surface area contributed by atoms with Gasteiger partial charge in [-0.15, -0.1) is 0 Å². The fraction of sp³-hybridized carbons (Fsp3) is 0.825. The van der Waals surface area contributed by atoms with Crippen LogP contribution in [0.2, 0.25) is 0 Å². The molecule has 0 aromatic carbocycles. The monoisotopic (exact) mass is 712 g/mol. The summed E-state index contributed by atoms with van der Waals surface area (Å²) in [6.45, 7) is 10.8. The molecule has 0 saturated carbocycles. The van der Waals surface area contributed by atoms with Gasteiger partial charge in [0.15, 0.2) is 6.29 Å². The Labute approximate surface area is 305 Å². The number of hydrogen-bond donors (Lipinski definition) is 0. The zero-order valence-corrected chi connectivity index (χ0v) is 32.6. The predicted molar refractivity (Wildman–Crippen MR) is 200 cm³/mol. The van der Waals surface area contributed by atoms with E-state index in [0.717, 1.165) is 90.0 Å². The number of unbranched alkanes of at least 4 members (excludes halogenated alkanes) is 7.